The van der Waals surface area contributed by atoms with Crippen molar-refractivity contribution in [3.05, 3.63) is 114 Å². The fourth-order valence-corrected chi connectivity index (χ4v) is 4.79. The first-order chi connectivity index (χ1) is 17.3. The second kappa shape index (κ2) is 9.06. The van der Waals surface area contributed by atoms with Crippen LogP contribution in [0.4, 0.5) is 5.69 Å². The smallest absolute Gasteiger partial charge is 0.254 e. The summed E-state index contributed by atoms with van der Waals surface area (Å²) in [5.41, 5.74) is 6.67. The summed E-state index contributed by atoms with van der Waals surface area (Å²) in [5.74, 6) is 0.0268. The van der Waals surface area contributed by atoms with Gasteiger partial charge in [-0.1, -0.05) is 66.7 Å². The molecule has 6 rings (SSSR count). The van der Waals surface area contributed by atoms with Crippen LogP contribution in [0.5, 0.6) is 0 Å². The average molecular weight is 460 g/mol. The van der Waals surface area contributed by atoms with Crippen LogP contribution in [0.25, 0.3) is 22.2 Å². The molecule has 0 bridgehead atoms. The van der Waals surface area contributed by atoms with Crippen LogP contribution in [-0.4, -0.2) is 38.8 Å². The second-order valence-electron chi connectivity index (χ2n) is 8.79. The molecule has 0 saturated carbocycles. The third-order valence-corrected chi connectivity index (χ3v) is 6.55. The molecule has 0 aliphatic carbocycles. The van der Waals surface area contributed by atoms with Gasteiger partial charge < -0.3 is 14.8 Å². The Hall–Kier alpha value is -4.45. The van der Waals surface area contributed by atoms with Crippen molar-refractivity contribution >= 4 is 22.5 Å². The molecule has 5 aromatic rings. The molecule has 3 heterocycles. The molecule has 1 aliphatic heterocycles. The lowest BCUT2D eigenvalue weighted by Gasteiger charge is -2.24. The third kappa shape index (κ3) is 4.15. The van der Waals surface area contributed by atoms with Crippen LogP contribution >= 0.6 is 0 Å². The SMILES string of the molecule is O=C(c1cc(-c2ccccc2)nc2ccccc12)N1CCN(Cc2cnc[nH]2)c2ccccc2C1. The number of aromatic nitrogens is 3. The number of hydrogen-bond acceptors (Lipinski definition) is 4. The van der Waals surface area contributed by atoms with Crippen molar-refractivity contribution in [1.82, 2.24) is 19.9 Å². The molecule has 172 valence electrons. The first-order valence-corrected chi connectivity index (χ1v) is 11.8. The molecular formula is C29H25N5O. The van der Waals surface area contributed by atoms with Gasteiger partial charge in [-0.2, -0.15) is 0 Å². The van der Waals surface area contributed by atoms with Gasteiger partial charge in [0.05, 0.1) is 35.3 Å². The minimum absolute atomic E-state index is 0.0268. The van der Waals surface area contributed by atoms with Crippen molar-refractivity contribution in [3.63, 3.8) is 0 Å². The molecule has 0 unspecified atom stereocenters. The molecule has 6 nitrogen and oxygen atoms in total. The van der Waals surface area contributed by atoms with Crippen molar-refractivity contribution < 1.29 is 4.79 Å². The minimum Gasteiger partial charge on any atom is -0.364 e. The monoisotopic (exact) mass is 459 g/mol. The maximum atomic E-state index is 14.0. The Morgan fingerprint density at radius 2 is 1.71 bits per heavy atom. The highest BCUT2D eigenvalue weighted by molar-refractivity contribution is 6.07. The van der Waals surface area contributed by atoms with Gasteiger partial charge in [0.2, 0.25) is 0 Å². The largest absolute Gasteiger partial charge is 0.364 e. The Labute approximate surface area is 203 Å². The molecule has 0 saturated heterocycles. The number of carbonyl (C=O) groups excluding carboxylic acids is 1. The van der Waals surface area contributed by atoms with Crippen molar-refractivity contribution in [2.45, 2.75) is 13.1 Å². The first-order valence-electron chi connectivity index (χ1n) is 11.8. The van der Waals surface area contributed by atoms with Gasteiger partial charge >= 0.3 is 0 Å². The zero-order valence-electron chi connectivity index (χ0n) is 19.3. The van der Waals surface area contributed by atoms with Gasteiger partial charge in [-0.15, -0.1) is 0 Å². The summed E-state index contributed by atoms with van der Waals surface area (Å²) >= 11 is 0. The Morgan fingerprint density at radius 3 is 2.57 bits per heavy atom. The number of hydrogen-bond donors (Lipinski definition) is 1. The molecule has 0 fully saturated rings. The van der Waals surface area contributed by atoms with Gasteiger partial charge in [-0.3, -0.25) is 4.79 Å². The van der Waals surface area contributed by atoms with E-state index < -0.39 is 0 Å². The van der Waals surface area contributed by atoms with E-state index in [2.05, 4.69) is 33.1 Å². The van der Waals surface area contributed by atoms with Crippen LogP contribution in [0.3, 0.4) is 0 Å². The Bertz CT molecular complexity index is 1480. The Kier molecular flexibility index (Phi) is 5.47. The van der Waals surface area contributed by atoms with E-state index in [0.29, 0.717) is 18.7 Å². The van der Waals surface area contributed by atoms with Gasteiger partial charge in [0.1, 0.15) is 0 Å². The second-order valence-corrected chi connectivity index (χ2v) is 8.79. The Balaban J connectivity index is 1.38. The van der Waals surface area contributed by atoms with Crippen molar-refractivity contribution in [3.8, 4) is 11.3 Å². The van der Waals surface area contributed by atoms with Gasteiger partial charge in [0.25, 0.3) is 5.91 Å². The molecule has 35 heavy (non-hydrogen) atoms. The van der Waals surface area contributed by atoms with Crippen LogP contribution in [0.2, 0.25) is 0 Å². The number of nitrogens with one attached hydrogen (secondary N) is 1. The van der Waals surface area contributed by atoms with Gasteiger partial charge in [0, 0.05) is 42.5 Å². The van der Waals surface area contributed by atoms with Crippen LogP contribution in [-0.2, 0) is 13.1 Å². The molecular weight excluding hydrogens is 434 g/mol. The highest BCUT2D eigenvalue weighted by atomic mass is 16.2. The summed E-state index contributed by atoms with van der Waals surface area (Å²) in [6, 6.07) is 28.2. The summed E-state index contributed by atoms with van der Waals surface area (Å²) in [5, 5.41) is 0.879. The Morgan fingerprint density at radius 1 is 0.914 bits per heavy atom. The fourth-order valence-electron chi connectivity index (χ4n) is 4.79. The van der Waals surface area contributed by atoms with Gasteiger partial charge in [-0.25, -0.2) is 9.97 Å². The third-order valence-electron chi connectivity index (χ3n) is 6.55. The summed E-state index contributed by atoms with van der Waals surface area (Å²) in [6.07, 6.45) is 3.55. The number of amides is 1. The van der Waals surface area contributed by atoms with Crippen molar-refractivity contribution in [2.24, 2.45) is 0 Å². The number of para-hydroxylation sites is 2. The summed E-state index contributed by atoms with van der Waals surface area (Å²) < 4.78 is 0. The standard InChI is InChI=1S/C29H25N5O/c35-29(25-16-27(21-8-2-1-3-9-21)32-26-12-6-5-11-24(25)26)34-15-14-33(19-23-17-30-20-31-23)28-13-7-4-10-22(28)18-34/h1-13,16-17,20H,14-15,18-19H2,(H,30,31). The van der Waals surface area contributed by atoms with E-state index in [0.717, 1.165) is 52.2 Å². The fraction of sp³-hybridized carbons (Fsp3) is 0.138. The van der Waals surface area contributed by atoms with Crippen LogP contribution in [0.15, 0.2) is 97.5 Å². The number of H-pyrrole nitrogens is 1. The maximum absolute atomic E-state index is 14.0. The van der Waals surface area contributed by atoms with Crippen LogP contribution in [0.1, 0.15) is 21.6 Å². The number of pyridine rings is 1. The normalized spacial score (nSPS) is 13.5. The van der Waals surface area contributed by atoms with Crippen molar-refractivity contribution in [1.29, 1.82) is 0 Å². The van der Waals surface area contributed by atoms with Crippen LogP contribution < -0.4 is 4.90 Å². The van der Waals surface area contributed by atoms with Gasteiger partial charge in [-0.05, 0) is 23.8 Å². The highest BCUT2D eigenvalue weighted by Gasteiger charge is 2.25. The summed E-state index contributed by atoms with van der Waals surface area (Å²) in [7, 11) is 0. The molecule has 0 radical (unpaired) electrons. The minimum atomic E-state index is 0.0268. The number of carbonyl (C=O) groups is 1. The van der Waals surface area contributed by atoms with E-state index >= 15 is 0 Å². The first kappa shape index (κ1) is 21.1. The number of nitrogens with zero attached hydrogens (tertiary/aromatic N) is 4. The number of rotatable bonds is 4. The topological polar surface area (TPSA) is 65.1 Å². The van der Waals surface area contributed by atoms with E-state index in [9.17, 15) is 4.79 Å². The number of imidazole rings is 1. The van der Waals surface area contributed by atoms with Crippen LogP contribution in [0, 0.1) is 0 Å². The average Bonchev–Trinajstić information content (AvgIpc) is 3.36. The zero-order valence-corrected chi connectivity index (χ0v) is 19.3. The predicted molar refractivity (Wildman–Crippen MR) is 138 cm³/mol. The van der Waals surface area contributed by atoms with E-state index in [1.54, 1.807) is 6.33 Å². The predicted octanol–water partition coefficient (Wildman–Crippen LogP) is 5.29. The molecule has 6 heteroatoms. The van der Waals surface area contributed by atoms with Crippen molar-refractivity contribution in [2.75, 3.05) is 18.0 Å². The maximum Gasteiger partial charge on any atom is 0.254 e. The zero-order chi connectivity index (χ0) is 23.6. The molecule has 2 aromatic heterocycles. The lowest BCUT2D eigenvalue weighted by molar-refractivity contribution is 0.0753. The lowest BCUT2D eigenvalue weighted by atomic mass is 10.0. The quantitative estimate of drug-likeness (QED) is 0.397. The van der Waals surface area contributed by atoms with E-state index in [4.69, 9.17) is 4.98 Å². The summed E-state index contributed by atoms with van der Waals surface area (Å²) in [6.45, 7) is 2.64. The molecule has 0 atom stereocenters. The molecule has 1 N–H and O–H groups in total. The molecule has 3 aromatic carbocycles. The van der Waals surface area contributed by atoms with E-state index in [-0.39, 0.29) is 5.91 Å². The van der Waals surface area contributed by atoms with Gasteiger partial charge in [0.15, 0.2) is 0 Å². The van der Waals surface area contributed by atoms with E-state index in [1.165, 1.54) is 0 Å². The number of anilines is 1. The number of benzene rings is 3. The summed E-state index contributed by atoms with van der Waals surface area (Å²) in [4.78, 5) is 30.5. The van der Waals surface area contributed by atoms with E-state index in [1.807, 2.05) is 77.8 Å². The molecule has 1 amide bonds. The number of fused-ring (bicyclic) bond motifs is 2. The number of aromatic amines is 1. The lowest BCUT2D eigenvalue weighted by Crippen LogP contribution is -2.35. The molecule has 0 spiro atoms. The highest BCUT2D eigenvalue weighted by Crippen LogP contribution is 2.30. The molecule has 1 aliphatic rings.